The average Bonchev–Trinajstić information content (AvgIpc) is 3.47. The summed E-state index contributed by atoms with van der Waals surface area (Å²) >= 11 is -0.484. The summed E-state index contributed by atoms with van der Waals surface area (Å²) in [5, 5.41) is 11.0. The number of hydrogen-bond acceptors (Lipinski definition) is 6. The Labute approximate surface area is 223 Å². The number of hydrogen-bond donors (Lipinski definition) is 1. The van der Waals surface area contributed by atoms with Crippen LogP contribution in [0.1, 0.15) is 50.2 Å². The molecule has 2 aliphatic rings. The quantitative estimate of drug-likeness (QED) is 0.314. The molecule has 0 bridgehead atoms. The van der Waals surface area contributed by atoms with Gasteiger partial charge in [-0.05, 0) is 0 Å². The fraction of sp³-hybridized carbons (Fsp3) is 0.536. The number of nitrogens with zero attached hydrogens (tertiary/aromatic N) is 3. The molecule has 1 N–H and O–H groups in total. The molecule has 9 heteroatoms. The molecular weight excluding hydrogens is 533 g/mol. The molecule has 2 fully saturated rings. The number of aromatic nitrogens is 3. The molecule has 1 saturated heterocycles. The number of pyridine rings is 1. The zero-order chi connectivity index (χ0) is 26.1. The van der Waals surface area contributed by atoms with Gasteiger partial charge in [0, 0.05) is 0 Å². The van der Waals surface area contributed by atoms with Gasteiger partial charge in [0.1, 0.15) is 0 Å². The number of carbonyl (C=O) groups is 1. The zero-order valence-corrected chi connectivity index (χ0v) is 23.6. The summed E-state index contributed by atoms with van der Waals surface area (Å²) in [6.07, 6.45) is 6.33. The molecule has 3 atom stereocenters. The summed E-state index contributed by atoms with van der Waals surface area (Å²) in [5.74, 6) is 0.564. The van der Waals surface area contributed by atoms with Crippen molar-refractivity contribution in [2.75, 3.05) is 6.61 Å². The maximum atomic E-state index is 12.7. The van der Waals surface area contributed by atoms with Crippen LogP contribution in [0.3, 0.4) is 0 Å². The van der Waals surface area contributed by atoms with Crippen LogP contribution >= 0.6 is 0 Å². The number of aliphatic hydroxyl groups is 1. The third-order valence-electron chi connectivity index (χ3n) is 7.35. The number of aryl methyl sites for hydroxylation is 2. The first-order valence-electron chi connectivity index (χ1n) is 13.1. The van der Waals surface area contributed by atoms with Gasteiger partial charge < -0.3 is 0 Å². The molecule has 37 heavy (non-hydrogen) atoms. The van der Waals surface area contributed by atoms with E-state index in [1.165, 1.54) is 0 Å². The molecule has 2 unspecified atom stereocenters. The topological polar surface area (TPSA) is 95.6 Å². The summed E-state index contributed by atoms with van der Waals surface area (Å²) in [4.78, 5) is 30.0. The Kier molecular flexibility index (Phi) is 7.89. The molecule has 1 saturated carbocycles. The fourth-order valence-corrected chi connectivity index (χ4v) is 7.37. The van der Waals surface area contributed by atoms with Gasteiger partial charge in [-0.3, -0.25) is 0 Å². The molecule has 0 amide bonds. The molecule has 1 aliphatic heterocycles. The number of fused-ring (bicyclic) bond motifs is 1. The number of ether oxygens (including phenoxy) is 2. The van der Waals surface area contributed by atoms with Gasteiger partial charge in [0.25, 0.3) is 0 Å². The average molecular weight is 569 g/mol. The van der Waals surface area contributed by atoms with Crippen molar-refractivity contribution in [1.82, 2.24) is 14.1 Å². The molecule has 197 valence electrons. The zero-order valence-electron chi connectivity index (χ0n) is 21.7. The van der Waals surface area contributed by atoms with Crippen molar-refractivity contribution in [1.29, 1.82) is 0 Å². The maximum absolute atomic E-state index is 12.7. The third-order valence-corrected chi connectivity index (χ3v) is 10.7. The van der Waals surface area contributed by atoms with E-state index in [0.717, 1.165) is 71.9 Å². The molecule has 1 aliphatic carbocycles. The Morgan fingerprint density at radius 2 is 2.08 bits per heavy atom. The second-order valence-electron chi connectivity index (χ2n) is 10.3. The van der Waals surface area contributed by atoms with Gasteiger partial charge in [-0.15, -0.1) is 0 Å². The van der Waals surface area contributed by atoms with Crippen LogP contribution in [0.15, 0.2) is 35.3 Å². The van der Waals surface area contributed by atoms with Gasteiger partial charge in [-0.1, -0.05) is 0 Å². The number of benzene rings is 1. The van der Waals surface area contributed by atoms with Crippen LogP contribution in [0.5, 0.6) is 0 Å². The summed E-state index contributed by atoms with van der Waals surface area (Å²) in [6, 6.07) is 8.18. The number of rotatable bonds is 9. The molecule has 1 radical (unpaired) electrons. The fourth-order valence-electron chi connectivity index (χ4n) is 5.02. The van der Waals surface area contributed by atoms with Crippen LogP contribution in [-0.4, -0.2) is 65.9 Å². The molecular formula is C28H35AsN3O5. The van der Waals surface area contributed by atoms with Crippen LogP contribution in [0, 0.1) is 6.92 Å². The van der Waals surface area contributed by atoms with E-state index < -0.39 is 26.6 Å². The van der Waals surface area contributed by atoms with E-state index in [-0.39, 0.29) is 23.7 Å². The van der Waals surface area contributed by atoms with Crippen molar-refractivity contribution in [2.45, 2.75) is 80.7 Å². The summed E-state index contributed by atoms with van der Waals surface area (Å²) in [5.41, 5.74) is 4.56. The molecule has 8 nitrogen and oxygen atoms in total. The SMILES string of the molecule is Cc1cc(-c2nc3cc(C[As]C(C(=O)OC4CCC4)C(C)O)ccc3n2C[C@@H]2CCCO2)cn(C)c1=O. The van der Waals surface area contributed by atoms with Crippen molar-refractivity contribution in [3.63, 3.8) is 0 Å². The van der Waals surface area contributed by atoms with Gasteiger partial charge in [0.15, 0.2) is 0 Å². The second kappa shape index (κ2) is 11.1. The normalized spacial score (nSPS) is 19.9. The molecule has 3 heterocycles. The number of esters is 1. The van der Waals surface area contributed by atoms with Crippen LogP contribution < -0.4 is 5.56 Å². The van der Waals surface area contributed by atoms with Gasteiger partial charge in [0.05, 0.1) is 0 Å². The van der Waals surface area contributed by atoms with E-state index in [2.05, 4.69) is 22.8 Å². The van der Waals surface area contributed by atoms with E-state index in [1.807, 2.05) is 19.2 Å². The molecule has 3 aromatic rings. The molecule has 2 aromatic heterocycles. The monoisotopic (exact) mass is 568 g/mol. The summed E-state index contributed by atoms with van der Waals surface area (Å²) in [7, 11) is 1.77. The Hall–Kier alpha value is -2.41. The van der Waals surface area contributed by atoms with Crippen LogP contribution in [0.4, 0.5) is 0 Å². The number of imidazole rings is 1. The van der Waals surface area contributed by atoms with Crippen molar-refractivity contribution in [2.24, 2.45) is 7.05 Å². The van der Waals surface area contributed by atoms with E-state index in [0.29, 0.717) is 12.1 Å². The molecule has 1 aromatic carbocycles. The van der Waals surface area contributed by atoms with E-state index in [1.54, 1.807) is 18.5 Å². The van der Waals surface area contributed by atoms with E-state index in [9.17, 15) is 14.7 Å². The standard InChI is InChI=1S/C28H35AsN3O5/c1-17-12-20(15-31(3)27(17)34)26-30-23-13-19(9-10-24(23)32(26)16-22-8-5-11-36-22)14-29-25(18(2)33)28(35)37-21-6-4-7-21/h9-10,12-13,15,18,21-22,25,33H,4-8,11,14,16H2,1-3H3/t18?,22-,25?/m0/s1. The van der Waals surface area contributed by atoms with Crippen molar-refractivity contribution < 1.29 is 19.4 Å². The van der Waals surface area contributed by atoms with E-state index in [4.69, 9.17) is 14.5 Å². The first kappa shape index (κ1) is 26.2. The molecule has 0 spiro atoms. The predicted octanol–water partition coefficient (Wildman–Crippen LogP) is 3.36. The Balaban J connectivity index is 1.43. The van der Waals surface area contributed by atoms with Gasteiger partial charge in [-0.25, -0.2) is 0 Å². The Morgan fingerprint density at radius 1 is 1.27 bits per heavy atom. The Bertz CT molecular complexity index is 1310. The van der Waals surface area contributed by atoms with Crippen molar-refractivity contribution in [3.05, 3.63) is 51.9 Å². The first-order chi connectivity index (χ1) is 17.8. The van der Waals surface area contributed by atoms with Gasteiger partial charge in [-0.2, -0.15) is 0 Å². The summed E-state index contributed by atoms with van der Waals surface area (Å²) in [6.45, 7) is 5.00. The summed E-state index contributed by atoms with van der Waals surface area (Å²) < 4.78 is 14.9. The predicted molar refractivity (Wildman–Crippen MR) is 143 cm³/mol. The van der Waals surface area contributed by atoms with Gasteiger partial charge in [0.2, 0.25) is 0 Å². The van der Waals surface area contributed by atoms with Crippen LogP contribution in [-0.2, 0) is 33.1 Å². The van der Waals surface area contributed by atoms with Gasteiger partial charge >= 0.3 is 224 Å². The molecule has 5 rings (SSSR count). The third kappa shape index (κ3) is 5.71. The Morgan fingerprint density at radius 3 is 2.73 bits per heavy atom. The number of carbonyl (C=O) groups excluding carboxylic acids is 1. The van der Waals surface area contributed by atoms with Crippen LogP contribution in [0.25, 0.3) is 22.4 Å². The minimum absolute atomic E-state index is 0.0142. The second-order valence-corrected chi connectivity index (χ2v) is 12.9. The van der Waals surface area contributed by atoms with Crippen molar-refractivity contribution in [3.8, 4) is 11.4 Å². The number of aliphatic hydroxyl groups excluding tert-OH is 1. The van der Waals surface area contributed by atoms with Crippen LogP contribution in [0.2, 0.25) is 4.71 Å². The van der Waals surface area contributed by atoms with Crippen molar-refractivity contribution >= 4 is 32.8 Å². The first-order valence-corrected chi connectivity index (χ1v) is 15.5. The minimum atomic E-state index is -0.721. The van der Waals surface area contributed by atoms with E-state index >= 15 is 0 Å².